The lowest BCUT2D eigenvalue weighted by Crippen LogP contribution is -2.00. The fourth-order valence-corrected chi connectivity index (χ4v) is 6.24. The third-order valence-corrected chi connectivity index (χ3v) is 8.72. The van der Waals surface area contributed by atoms with Crippen LogP contribution in [0.15, 0.2) is 169 Å². The Kier molecular flexibility index (Phi) is 7.02. The van der Waals surface area contributed by atoms with Gasteiger partial charge in [-0.25, -0.2) is 15.0 Å². The van der Waals surface area contributed by atoms with E-state index in [2.05, 4.69) is 76.7 Å². The predicted molar refractivity (Wildman–Crippen MR) is 195 cm³/mol. The summed E-state index contributed by atoms with van der Waals surface area (Å²) < 4.78 is 6.23. The maximum atomic E-state index is 6.23. The van der Waals surface area contributed by atoms with Gasteiger partial charge in [0.05, 0.1) is 0 Å². The van der Waals surface area contributed by atoms with Gasteiger partial charge in [0.1, 0.15) is 11.2 Å². The number of para-hydroxylation sites is 1. The highest BCUT2D eigenvalue weighted by Crippen LogP contribution is 2.35. The van der Waals surface area contributed by atoms with E-state index in [9.17, 15) is 0 Å². The minimum Gasteiger partial charge on any atom is -0.456 e. The number of hydrogen-bond acceptors (Lipinski definition) is 6. The Morgan fingerprint density at radius 1 is 0.327 bits per heavy atom. The summed E-state index contributed by atoms with van der Waals surface area (Å²) in [5.41, 5.74) is 10.7. The van der Waals surface area contributed by atoms with Crippen LogP contribution in [0.25, 0.3) is 89.5 Å². The smallest absolute Gasteiger partial charge is 0.164 e. The summed E-state index contributed by atoms with van der Waals surface area (Å²) >= 11 is 0. The summed E-state index contributed by atoms with van der Waals surface area (Å²) in [7, 11) is 0. The Bertz CT molecular complexity index is 2580. The molecule has 0 unspecified atom stereocenters. The molecule has 9 aromatic rings. The molecule has 4 aromatic heterocycles. The molecule has 0 saturated carbocycles. The molecule has 0 spiro atoms. The fraction of sp³-hybridized carbons (Fsp3) is 0. The van der Waals surface area contributed by atoms with Crippen molar-refractivity contribution in [2.45, 2.75) is 0 Å². The highest BCUT2D eigenvalue weighted by atomic mass is 16.3. The van der Waals surface area contributed by atoms with Gasteiger partial charge in [-0.2, -0.15) is 0 Å². The van der Waals surface area contributed by atoms with E-state index in [-0.39, 0.29) is 0 Å². The SMILES string of the molecule is c1ccc(-c2nc(-c3cc(-c4ccncc4)cc(-c4ccc(-c5cccnc5)cc4)c3)nc(-c3ccc4c(c3)oc3ccccc34)n2)cc1. The Morgan fingerprint density at radius 3 is 1.63 bits per heavy atom. The van der Waals surface area contributed by atoms with Crippen molar-refractivity contribution in [3.8, 4) is 67.5 Å². The first-order chi connectivity index (χ1) is 24.2. The van der Waals surface area contributed by atoms with Gasteiger partial charge in [0, 0.05) is 52.3 Å². The van der Waals surface area contributed by atoms with Crippen molar-refractivity contribution >= 4 is 21.9 Å². The Morgan fingerprint density at radius 2 is 0.898 bits per heavy atom. The minimum absolute atomic E-state index is 0.572. The molecule has 0 saturated heterocycles. The number of pyridine rings is 2. The van der Waals surface area contributed by atoms with E-state index in [0.29, 0.717) is 17.5 Å². The Labute approximate surface area is 282 Å². The van der Waals surface area contributed by atoms with Crippen molar-refractivity contribution in [3.63, 3.8) is 0 Å². The number of rotatable bonds is 6. The topological polar surface area (TPSA) is 77.6 Å². The van der Waals surface area contributed by atoms with Crippen LogP contribution < -0.4 is 0 Å². The maximum absolute atomic E-state index is 6.23. The molecule has 6 nitrogen and oxygen atoms in total. The normalized spacial score (nSPS) is 11.3. The lowest BCUT2D eigenvalue weighted by atomic mass is 9.95. The molecule has 0 aliphatic heterocycles. The van der Waals surface area contributed by atoms with Crippen molar-refractivity contribution in [1.82, 2.24) is 24.9 Å². The summed E-state index contributed by atoms with van der Waals surface area (Å²) in [6, 6.07) is 47.4. The molecule has 5 aromatic carbocycles. The first-order valence-corrected chi connectivity index (χ1v) is 16.1. The van der Waals surface area contributed by atoms with Crippen molar-refractivity contribution in [2.24, 2.45) is 0 Å². The van der Waals surface area contributed by atoms with E-state index < -0.39 is 0 Å². The number of fused-ring (bicyclic) bond motifs is 3. The average Bonchev–Trinajstić information content (AvgIpc) is 3.57. The van der Waals surface area contributed by atoms with Crippen LogP contribution in [0.3, 0.4) is 0 Å². The second-order valence-electron chi connectivity index (χ2n) is 11.8. The molecule has 0 radical (unpaired) electrons. The zero-order valence-corrected chi connectivity index (χ0v) is 26.2. The molecule has 0 N–H and O–H groups in total. The Balaban J connectivity index is 1.21. The highest BCUT2D eigenvalue weighted by Gasteiger charge is 2.16. The van der Waals surface area contributed by atoms with Gasteiger partial charge in [-0.15, -0.1) is 0 Å². The first-order valence-electron chi connectivity index (χ1n) is 16.1. The van der Waals surface area contributed by atoms with Crippen LogP contribution in [0.4, 0.5) is 0 Å². The third kappa shape index (κ3) is 5.51. The van der Waals surface area contributed by atoms with Crippen LogP contribution in [-0.2, 0) is 0 Å². The quantitative estimate of drug-likeness (QED) is 0.182. The minimum atomic E-state index is 0.572. The van der Waals surface area contributed by atoms with Gasteiger partial charge < -0.3 is 4.42 Å². The molecule has 49 heavy (non-hydrogen) atoms. The lowest BCUT2D eigenvalue weighted by molar-refractivity contribution is 0.669. The van der Waals surface area contributed by atoms with Gasteiger partial charge in [0.25, 0.3) is 0 Å². The standard InChI is InChI=1S/C43H27N5O/c1-2-7-31(8-3-1)41-46-42(32-16-17-38-37-10-4-5-11-39(37)49-40(38)26-32)48-43(47-41)36-24-34(23-35(25-36)30-18-21-44-22-19-30)29-14-12-28(13-15-29)33-9-6-20-45-27-33/h1-27H. The fourth-order valence-electron chi connectivity index (χ4n) is 6.24. The molecular formula is C43H27N5O. The molecule has 0 fully saturated rings. The zero-order valence-electron chi connectivity index (χ0n) is 26.2. The Hall–Kier alpha value is -6.79. The molecule has 230 valence electrons. The van der Waals surface area contributed by atoms with Gasteiger partial charge in [-0.05, 0) is 88.0 Å². The number of benzene rings is 5. The van der Waals surface area contributed by atoms with E-state index >= 15 is 0 Å². The van der Waals surface area contributed by atoms with Gasteiger partial charge in [-0.1, -0.05) is 84.9 Å². The molecule has 4 heterocycles. The summed E-state index contributed by atoms with van der Waals surface area (Å²) in [6.45, 7) is 0. The number of aromatic nitrogens is 5. The molecule has 0 amide bonds. The zero-order chi connectivity index (χ0) is 32.6. The summed E-state index contributed by atoms with van der Waals surface area (Å²) in [5.74, 6) is 1.75. The van der Waals surface area contributed by atoms with Crippen molar-refractivity contribution < 1.29 is 4.42 Å². The second-order valence-corrected chi connectivity index (χ2v) is 11.8. The molecule has 0 aliphatic carbocycles. The summed E-state index contributed by atoms with van der Waals surface area (Å²) in [5, 5.41) is 2.14. The maximum Gasteiger partial charge on any atom is 0.164 e. The van der Waals surface area contributed by atoms with E-state index in [1.54, 1.807) is 6.20 Å². The summed E-state index contributed by atoms with van der Waals surface area (Å²) in [6.07, 6.45) is 7.29. The highest BCUT2D eigenvalue weighted by molar-refractivity contribution is 6.05. The molecular weight excluding hydrogens is 603 g/mol. The van der Waals surface area contributed by atoms with Gasteiger partial charge in [0.2, 0.25) is 0 Å². The first kappa shape index (κ1) is 28.4. The van der Waals surface area contributed by atoms with Crippen LogP contribution in [0.2, 0.25) is 0 Å². The van der Waals surface area contributed by atoms with Crippen LogP contribution in [-0.4, -0.2) is 24.9 Å². The van der Waals surface area contributed by atoms with Crippen molar-refractivity contribution in [3.05, 3.63) is 164 Å². The predicted octanol–water partition coefficient (Wildman–Crippen LogP) is 10.6. The molecule has 9 rings (SSSR count). The summed E-state index contributed by atoms with van der Waals surface area (Å²) in [4.78, 5) is 23.7. The van der Waals surface area contributed by atoms with Gasteiger partial charge >= 0.3 is 0 Å². The molecule has 6 heteroatoms. The second kappa shape index (κ2) is 12.1. The van der Waals surface area contributed by atoms with E-state index in [1.807, 2.05) is 91.4 Å². The van der Waals surface area contributed by atoms with E-state index in [4.69, 9.17) is 19.4 Å². The average molecular weight is 630 g/mol. The van der Waals surface area contributed by atoms with Crippen LogP contribution in [0.5, 0.6) is 0 Å². The van der Waals surface area contributed by atoms with Gasteiger partial charge in [0.15, 0.2) is 17.5 Å². The van der Waals surface area contributed by atoms with Crippen LogP contribution >= 0.6 is 0 Å². The number of nitrogens with zero attached hydrogens (tertiary/aromatic N) is 5. The van der Waals surface area contributed by atoms with Crippen molar-refractivity contribution in [1.29, 1.82) is 0 Å². The van der Waals surface area contributed by atoms with Gasteiger partial charge in [-0.3, -0.25) is 9.97 Å². The lowest BCUT2D eigenvalue weighted by Gasteiger charge is -2.13. The molecule has 0 bridgehead atoms. The largest absolute Gasteiger partial charge is 0.456 e. The van der Waals surface area contributed by atoms with E-state index in [1.165, 1.54) is 0 Å². The van der Waals surface area contributed by atoms with Crippen LogP contribution in [0.1, 0.15) is 0 Å². The monoisotopic (exact) mass is 629 g/mol. The number of hydrogen-bond donors (Lipinski definition) is 0. The van der Waals surface area contributed by atoms with E-state index in [0.717, 1.165) is 72.0 Å². The number of furan rings is 1. The molecule has 0 atom stereocenters. The third-order valence-electron chi connectivity index (χ3n) is 8.72. The van der Waals surface area contributed by atoms with Crippen LogP contribution in [0, 0.1) is 0 Å². The molecule has 0 aliphatic rings. The van der Waals surface area contributed by atoms with Crippen molar-refractivity contribution in [2.75, 3.05) is 0 Å².